The van der Waals surface area contributed by atoms with Gasteiger partial charge in [-0.15, -0.1) is 0 Å². The maximum Gasteiger partial charge on any atom is 0.512 e. The third kappa shape index (κ3) is 2.00. The Bertz CT molecular complexity index is 523. The van der Waals surface area contributed by atoms with Crippen molar-refractivity contribution in [2.24, 2.45) is 0 Å². The van der Waals surface area contributed by atoms with Crippen molar-refractivity contribution in [3.63, 3.8) is 0 Å². The van der Waals surface area contributed by atoms with Crippen LogP contribution in [-0.4, -0.2) is 16.2 Å². The number of carbonyl (C=O) groups is 1. The molecule has 1 aromatic carbocycles. The topological polar surface area (TPSA) is 72.6 Å². The first-order valence-corrected chi connectivity index (χ1v) is 4.27. The van der Waals surface area contributed by atoms with Crippen LogP contribution in [0.2, 0.25) is 0 Å². The Morgan fingerprint density at radius 2 is 2.31 bits per heavy atom. The summed E-state index contributed by atoms with van der Waals surface area (Å²) in [6.07, 6.45) is -0.482. The molecular formula is C10H6FNO4. The number of carboxylic acid groups (broad SMARTS) is 1. The molecule has 0 atom stereocenters. The number of nitrogens with zero attached hydrogens (tertiary/aromatic N) is 1. The third-order valence-corrected chi connectivity index (χ3v) is 1.81. The Morgan fingerprint density at radius 3 is 3.00 bits per heavy atom. The SMILES string of the molecule is O=C(O)Oc1ncoc1-c1cccc(F)c1. The van der Waals surface area contributed by atoms with Crippen molar-refractivity contribution in [2.45, 2.75) is 0 Å². The van der Waals surface area contributed by atoms with Crippen LogP contribution in [0.25, 0.3) is 11.3 Å². The van der Waals surface area contributed by atoms with Crippen LogP contribution >= 0.6 is 0 Å². The number of hydrogen-bond acceptors (Lipinski definition) is 4. The molecule has 1 heterocycles. The van der Waals surface area contributed by atoms with Gasteiger partial charge in [0.1, 0.15) is 5.82 Å². The van der Waals surface area contributed by atoms with Crippen LogP contribution < -0.4 is 4.74 Å². The number of rotatable bonds is 2. The molecule has 82 valence electrons. The molecule has 2 rings (SSSR count). The Balaban J connectivity index is 2.40. The van der Waals surface area contributed by atoms with Gasteiger partial charge in [0, 0.05) is 5.56 Å². The zero-order valence-electron chi connectivity index (χ0n) is 7.88. The standard InChI is InChI=1S/C10H6FNO4/c11-7-3-1-2-6(4-7)8-9(12-5-15-8)16-10(13)14/h1-5H,(H,13,14). The van der Waals surface area contributed by atoms with Gasteiger partial charge in [0.05, 0.1) is 0 Å². The predicted octanol–water partition coefficient (Wildman–Crippen LogP) is 2.54. The second-order valence-corrected chi connectivity index (χ2v) is 2.86. The second-order valence-electron chi connectivity index (χ2n) is 2.86. The van der Waals surface area contributed by atoms with Gasteiger partial charge in [-0.1, -0.05) is 12.1 Å². The molecule has 0 aliphatic carbocycles. The third-order valence-electron chi connectivity index (χ3n) is 1.81. The van der Waals surface area contributed by atoms with Gasteiger partial charge < -0.3 is 14.3 Å². The zero-order valence-corrected chi connectivity index (χ0v) is 7.88. The van der Waals surface area contributed by atoms with Gasteiger partial charge in [-0.25, -0.2) is 9.18 Å². The van der Waals surface area contributed by atoms with E-state index in [0.29, 0.717) is 5.56 Å². The highest BCUT2D eigenvalue weighted by Crippen LogP contribution is 2.29. The summed E-state index contributed by atoms with van der Waals surface area (Å²) >= 11 is 0. The van der Waals surface area contributed by atoms with Crippen LogP contribution in [0.15, 0.2) is 35.1 Å². The smallest absolute Gasteiger partial charge is 0.449 e. The fourth-order valence-corrected chi connectivity index (χ4v) is 1.21. The maximum absolute atomic E-state index is 12.9. The molecule has 0 radical (unpaired) electrons. The van der Waals surface area contributed by atoms with Crippen molar-refractivity contribution in [3.8, 4) is 17.2 Å². The number of ether oxygens (including phenoxy) is 1. The number of oxazole rings is 1. The number of benzene rings is 1. The average molecular weight is 223 g/mol. The number of halogens is 1. The van der Waals surface area contributed by atoms with Crippen LogP contribution in [0.5, 0.6) is 5.88 Å². The lowest BCUT2D eigenvalue weighted by molar-refractivity contribution is 0.143. The van der Waals surface area contributed by atoms with E-state index in [1.807, 2.05) is 0 Å². The highest BCUT2D eigenvalue weighted by molar-refractivity contribution is 5.68. The summed E-state index contributed by atoms with van der Waals surface area (Å²) in [6, 6.07) is 5.48. The lowest BCUT2D eigenvalue weighted by atomic mass is 10.2. The molecule has 0 spiro atoms. The molecule has 0 saturated heterocycles. The summed E-state index contributed by atoms with van der Waals surface area (Å²) in [5.41, 5.74) is 0.355. The van der Waals surface area contributed by atoms with Crippen molar-refractivity contribution >= 4 is 6.16 Å². The van der Waals surface area contributed by atoms with Crippen molar-refractivity contribution in [3.05, 3.63) is 36.5 Å². The number of aromatic nitrogens is 1. The van der Waals surface area contributed by atoms with Gasteiger partial charge in [0.15, 0.2) is 12.2 Å². The maximum atomic E-state index is 12.9. The molecule has 0 aliphatic heterocycles. The molecule has 0 saturated carbocycles. The first-order valence-electron chi connectivity index (χ1n) is 4.27. The Morgan fingerprint density at radius 1 is 1.50 bits per heavy atom. The van der Waals surface area contributed by atoms with Crippen molar-refractivity contribution in [2.75, 3.05) is 0 Å². The van der Waals surface area contributed by atoms with E-state index in [2.05, 4.69) is 9.72 Å². The first kappa shape index (κ1) is 10.2. The van der Waals surface area contributed by atoms with Gasteiger partial charge in [0.2, 0.25) is 0 Å². The van der Waals surface area contributed by atoms with E-state index in [-0.39, 0.29) is 11.6 Å². The summed E-state index contributed by atoms with van der Waals surface area (Å²) in [4.78, 5) is 13.9. The molecule has 0 unspecified atom stereocenters. The molecule has 0 aliphatic rings. The molecule has 6 heteroatoms. The summed E-state index contributed by atoms with van der Waals surface area (Å²) in [5, 5.41) is 8.43. The summed E-state index contributed by atoms with van der Waals surface area (Å²) < 4.78 is 22.2. The van der Waals surface area contributed by atoms with E-state index in [9.17, 15) is 9.18 Å². The van der Waals surface area contributed by atoms with E-state index < -0.39 is 12.0 Å². The molecule has 2 aromatic rings. The molecule has 0 bridgehead atoms. The van der Waals surface area contributed by atoms with Gasteiger partial charge in [-0.2, -0.15) is 4.98 Å². The average Bonchev–Trinajstić information content (AvgIpc) is 2.65. The molecule has 0 amide bonds. The van der Waals surface area contributed by atoms with E-state index in [4.69, 9.17) is 9.52 Å². The Labute approximate surface area is 89.1 Å². The van der Waals surface area contributed by atoms with E-state index in [0.717, 1.165) is 6.39 Å². The lowest BCUT2D eigenvalue weighted by Crippen LogP contribution is -2.03. The van der Waals surface area contributed by atoms with Crippen LogP contribution in [0.4, 0.5) is 9.18 Å². The minimum absolute atomic E-state index is 0.0712. The zero-order chi connectivity index (χ0) is 11.5. The first-order chi connectivity index (χ1) is 7.66. The van der Waals surface area contributed by atoms with Crippen molar-refractivity contribution in [1.82, 2.24) is 4.98 Å². The van der Waals surface area contributed by atoms with E-state index in [1.165, 1.54) is 18.2 Å². The lowest BCUT2D eigenvalue weighted by Gasteiger charge is -1.99. The van der Waals surface area contributed by atoms with Crippen LogP contribution in [0.3, 0.4) is 0 Å². The molecule has 1 aromatic heterocycles. The van der Waals surface area contributed by atoms with Crippen molar-refractivity contribution < 1.29 is 23.4 Å². The van der Waals surface area contributed by atoms with Gasteiger partial charge in [-0.05, 0) is 12.1 Å². The van der Waals surface area contributed by atoms with Gasteiger partial charge in [-0.3, -0.25) is 0 Å². The molecule has 16 heavy (non-hydrogen) atoms. The van der Waals surface area contributed by atoms with Crippen LogP contribution in [-0.2, 0) is 0 Å². The fourth-order valence-electron chi connectivity index (χ4n) is 1.21. The largest absolute Gasteiger partial charge is 0.512 e. The van der Waals surface area contributed by atoms with Crippen LogP contribution in [0, 0.1) is 5.82 Å². The van der Waals surface area contributed by atoms with E-state index >= 15 is 0 Å². The Kier molecular flexibility index (Phi) is 2.55. The minimum atomic E-state index is -1.51. The summed E-state index contributed by atoms with van der Waals surface area (Å²) in [5.74, 6) is -0.602. The highest BCUT2D eigenvalue weighted by Gasteiger charge is 2.15. The highest BCUT2D eigenvalue weighted by atomic mass is 19.1. The molecular weight excluding hydrogens is 217 g/mol. The monoisotopic (exact) mass is 223 g/mol. The fraction of sp³-hybridized carbons (Fsp3) is 0. The molecule has 5 nitrogen and oxygen atoms in total. The normalized spacial score (nSPS) is 10.1. The summed E-state index contributed by atoms with van der Waals surface area (Å²) in [6.45, 7) is 0. The van der Waals surface area contributed by atoms with Gasteiger partial charge >= 0.3 is 6.16 Å². The number of hydrogen-bond donors (Lipinski definition) is 1. The van der Waals surface area contributed by atoms with E-state index in [1.54, 1.807) is 6.07 Å². The van der Waals surface area contributed by atoms with Gasteiger partial charge in [0.25, 0.3) is 5.88 Å². The van der Waals surface area contributed by atoms with Crippen LogP contribution in [0.1, 0.15) is 0 Å². The Hall–Kier alpha value is -2.37. The molecule has 1 N–H and O–H groups in total. The second kappa shape index (κ2) is 4.01. The summed E-state index contributed by atoms with van der Waals surface area (Å²) in [7, 11) is 0. The molecule has 0 fully saturated rings. The quantitative estimate of drug-likeness (QED) is 0.792. The predicted molar refractivity (Wildman–Crippen MR) is 50.5 cm³/mol. The minimum Gasteiger partial charge on any atom is -0.449 e. The van der Waals surface area contributed by atoms with Crippen molar-refractivity contribution in [1.29, 1.82) is 0 Å².